The number of aryl methyl sites for hydroxylation is 1. The highest BCUT2D eigenvalue weighted by Crippen LogP contribution is 2.32. The molecule has 0 unspecified atom stereocenters. The molecule has 8 heteroatoms. The fourth-order valence-corrected chi connectivity index (χ4v) is 3.44. The summed E-state index contributed by atoms with van der Waals surface area (Å²) in [5.74, 6) is -0.183. The van der Waals surface area contributed by atoms with Crippen LogP contribution in [0, 0.1) is 6.92 Å². The van der Waals surface area contributed by atoms with Gasteiger partial charge in [-0.15, -0.1) is 0 Å². The molecule has 24 heavy (non-hydrogen) atoms. The highest BCUT2D eigenvalue weighted by atomic mass is 32.2. The zero-order valence-corrected chi connectivity index (χ0v) is 13.6. The molecule has 3 rings (SSSR count). The van der Waals surface area contributed by atoms with Crippen molar-refractivity contribution in [2.24, 2.45) is 0 Å². The average Bonchev–Trinajstić information content (AvgIpc) is 2.53. The maximum Gasteiger partial charge on any atom is 0.335 e. The molecule has 1 heterocycles. The number of fused-ring (bicyclic) bond motifs is 1. The van der Waals surface area contributed by atoms with E-state index in [-0.39, 0.29) is 16.1 Å². The van der Waals surface area contributed by atoms with Gasteiger partial charge in [-0.3, -0.25) is 4.72 Å². The second kappa shape index (κ2) is 6.04. The van der Waals surface area contributed by atoms with Gasteiger partial charge in [0.05, 0.1) is 10.5 Å². The Hall–Kier alpha value is -2.74. The molecule has 126 valence electrons. The van der Waals surface area contributed by atoms with Crippen LogP contribution in [0.25, 0.3) is 0 Å². The van der Waals surface area contributed by atoms with Gasteiger partial charge in [-0.1, -0.05) is 0 Å². The third kappa shape index (κ3) is 3.13. The minimum absolute atomic E-state index is 0.0340. The first-order valence-corrected chi connectivity index (χ1v) is 8.61. The number of nitrogens with one attached hydrogen (secondary N) is 1. The number of carbonyl (C=O) groups is 1. The number of hydrogen-bond donors (Lipinski definition) is 2. The molecular formula is C16H15NO6S. The summed E-state index contributed by atoms with van der Waals surface area (Å²) in [5.41, 5.74) is 0.870. The van der Waals surface area contributed by atoms with Crippen molar-refractivity contribution < 1.29 is 27.8 Å². The predicted molar refractivity (Wildman–Crippen MR) is 86.4 cm³/mol. The van der Waals surface area contributed by atoms with Crippen LogP contribution in [-0.2, 0) is 10.0 Å². The molecule has 0 saturated carbocycles. The van der Waals surface area contributed by atoms with Crippen molar-refractivity contribution in [2.45, 2.75) is 11.8 Å². The zero-order valence-electron chi connectivity index (χ0n) is 12.8. The molecule has 0 aromatic heterocycles. The van der Waals surface area contributed by atoms with Gasteiger partial charge in [0.1, 0.15) is 13.2 Å². The Morgan fingerprint density at radius 1 is 1.08 bits per heavy atom. The Kier molecular flexibility index (Phi) is 4.06. The van der Waals surface area contributed by atoms with Crippen molar-refractivity contribution in [3.05, 3.63) is 47.5 Å². The first-order valence-electron chi connectivity index (χ1n) is 7.13. The number of carboxylic acids is 1. The summed E-state index contributed by atoms with van der Waals surface area (Å²) in [4.78, 5) is 11.0. The average molecular weight is 349 g/mol. The largest absolute Gasteiger partial charge is 0.486 e. The van der Waals surface area contributed by atoms with Gasteiger partial charge in [0.2, 0.25) is 0 Å². The molecule has 1 aliphatic heterocycles. The van der Waals surface area contributed by atoms with Gasteiger partial charge in [0.15, 0.2) is 11.5 Å². The van der Waals surface area contributed by atoms with Crippen LogP contribution in [0.4, 0.5) is 5.69 Å². The van der Waals surface area contributed by atoms with Crippen LogP contribution in [0.2, 0.25) is 0 Å². The number of carboxylic acid groups (broad SMARTS) is 1. The summed E-state index contributed by atoms with van der Waals surface area (Å²) in [6, 6.07) is 8.61. The number of ether oxygens (including phenoxy) is 2. The Balaban J connectivity index is 1.89. The summed E-state index contributed by atoms with van der Waals surface area (Å²) in [6.07, 6.45) is 0. The standard InChI is InChI=1S/C16H15NO6S/c1-10-8-11(2-4-13(10)16(18)19)17-24(20,21)12-3-5-14-15(9-12)23-7-6-22-14/h2-5,8-9,17H,6-7H2,1H3,(H,18,19). The lowest BCUT2D eigenvalue weighted by Crippen LogP contribution is -2.17. The molecule has 7 nitrogen and oxygen atoms in total. The van der Waals surface area contributed by atoms with Crippen molar-refractivity contribution in [3.63, 3.8) is 0 Å². The third-order valence-corrected chi connectivity index (χ3v) is 4.91. The molecular weight excluding hydrogens is 334 g/mol. The summed E-state index contributed by atoms with van der Waals surface area (Å²) < 4.78 is 38.2. The monoisotopic (exact) mass is 349 g/mol. The summed E-state index contributed by atoms with van der Waals surface area (Å²) >= 11 is 0. The highest BCUT2D eigenvalue weighted by Gasteiger charge is 2.20. The lowest BCUT2D eigenvalue weighted by Gasteiger charge is -2.19. The molecule has 2 aromatic rings. The second-order valence-electron chi connectivity index (χ2n) is 5.25. The van der Waals surface area contributed by atoms with Crippen molar-refractivity contribution in [1.29, 1.82) is 0 Å². The molecule has 0 fully saturated rings. The molecule has 0 aliphatic carbocycles. The normalized spacial score (nSPS) is 13.4. The molecule has 2 N–H and O–H groups in total. The lowest BCUT2D eigenvalue weighted by molar-refractivity contribution is 0.0696. The van der Waals surface area contributed by atoms with Gasteiger partial charge in [0, 0.05) is 11.8 Å². The Morgan fingerprint density at radius 3 is 2.46 bits per heavy atom. The summed E-state index contributed by atoms with van der Waals surface area (Å²) in [5, 5.41) is 9.02. The van der Waals surface area contributed by atoms with Gasteiger partial charge in [-0.25, -0.2) is 13.2 Å². The first kappa shape index (κ1) is 16.1. The number of rotatable bonds is 4. The van der Waals surface area contributed by atoms with E-state index in [0.29, 0.717) is 30.3 Å². The van der Waals surface area contributed by atoms with Gasteiger partial charge < -0.3 is 14.6 Å². The van der Waals surface area contributed by atoms with Crippen LogP contribution in [0.3, 0.4) is 0 Å². The van der Waals surface area contributed by atoms with Crippen LogP contribution in [0.15, 0.2) is 41.3 Å². The molecule has 2 aromatic carbocycles. The van der Waals surface area contributed by atoms with Crippen LogP contribution >= 0.6 is 0 Å². The number of aromatic carboxylic acids is 1. The Morgan fingerprint density at radius 2 is 1.79 bits per heavy atom. The van der Waals surface area contributed by atoms with Crippen LogP contribution in [0.5, 0.6) is 11.5 Å². The third-order valence-electron chi connectivity index (χ3n) is 3.53. The topological polar surface area (TPSA) is 102 Å². The minimum Gasteiger partial charge on any atom is -0.486 e. The maximum absolute atomic E-state index is 12.5. The SMILES string of the molecule is Cc1cc(NS(=O)(=O)c2ccc3c(c2)OCCO3)ccc1C(=O)O. The summed E-state index contributed by atoms with van der Waals surface area (Å²) in [6.45, 7) is 2.39. The maximum atomic E-state index is 12.5. The van der Waals surface area contributed by atoms with Crippen LogP contribution < -0.4 is 14.2 Å². The van der Waals surface area contributed by atoms with E-state index >= 15 is 0 Å². The van der Waals surface area contributed by atoms with Crippen molar-refractivity contribution in [2.75, 3.05) is 17.9 Å². The Labute approximate surface area is 138 Å². The van der Waals surface area contributed by atoms with Gasteiger partial charge in [-0.05, 0) is 42.8 Å². The smallest absolute Gasteiger partial charge is 0.335 e. The van der Waals surface area contributed by atoms with Gasteiger partial charge in [0.25, 0.3) is 10.0 Å². The van der Waals surface area contributed by atoms with E-state index in [4.69, 9.17) is 14.6 Å². The molecule has 0 saturated heterocycles. The van der Waals surface area contributed by atoms with E-state index in [9.17, 15) is 13.2 Å². The number of sulfonamides is 1. The minimum atomic E-state index is -3.83. The van der Waals surface area contributed by atoms with Crippen molar-refractivity contribution in [3.8, 4) is 11.5 Å². The first-order chi connectivity index (χ1) is 11.4. The van der Waals surface area contributed by atoms with Crippen LogP contribution in [-0.4, -0.2) is 32.7 Å². The lowest BCUT2D eigenvalue weighted by atomic mass is 10.1. The van der Waals surface area contributed by atoms with Gasteiger partial charge >= 0.3 is 5.97 Å². The van der Waals surface area contributed by atoms with E-state index in [1.807, 2.05) is 0 Å². The number of benzene rings is 2. The molecule has 1 aliphatic rings. The number of anilines is 1. The number of hydrogen-bond acceptors (Lipinski definition) is 5. The second-order valence-corrected chi connectivity index (χ2v) is 6.93. The van der Waals surface area contributed by atoms with E-state index < -0.39 is 16.0 Å². The summed E-state index contributed by atoms with van der Waals surface area (Å²) in [7, 11) is -3.83. The molecule has 0 spiro atoms. The zero-order chi connectivity index (χ0) is 17.3. The quantitative estimate of drug-likeness (QED) is 0.878. The van der Waals surface area contributed by atoms with Crippen molar-refractivity contribution >= 4 is 21.7 Å². The van der Waals surface area contributed by atoms with Crippen molar-refractivity contribution in [1.82, 2.24) is 0 Å². The fraction of sp³-hybridized carbons (Fsp3) is 0.188. The van der Waals surface area contributed by atoms with Crippen LogP contribution in [0.1, 0.15) is 15.9 Å². The molecule has 0 atom stereocenters. The van der Waals surface area contributed by atoms with E-state index in [0.717, 1.165) is 0 Å². The van der Waals surface area contributed by atoms with E-state index in [2.05, 4.69) is 4.72 Å². The van der Waals surface area contributed by atoms with E-state index in [1.54, 1.807) is 13.0 Å². The molecule has 0 amide bonds. The Bertz CT molecular complexity index is 907. The predicted octanol–water partition coefficient (Wildman–Crippen LogP) is 2.27. The van der Waals surface area contributed by atoms with Gasteiger partial charge in [-0.2, -0.15) is 0 Å². The molecule has 0 radical (unpaired) electrons. The molecule has 0 bridgehead atoms. The fourth-order valence-electron chi connectivity index (χ4n) is 2.37. The van der Waals surface area contributed by atoms with E-state index in [1.165, 1.54) is 30.3 Å². The highest BCUT2D eigenvalue weighted by molar-refractivity contribution is 7.92.